The second kappa shape index (κ2) is 6.31. The van der Waals surface area contributed by atoms with Crippen LogP contribution in [0.1, 0.15) is 21.1 Å². The van der Waals surface area contributed by atoms with Gasteiger partial charge < -0.3 is 10.6 Å². The van der Waals surface area contributed by atoms with Crippen LogP contribution in [-0.2, 0) is 6.54 Å². The number of hydrogen-bond donors (Lipinski definition) is 2. The van der Waals surface area contributed by atoms with E-state index in [2.05, 4.69) is 15.6 Å². The van der Waals surface area contributed by atoms with Gasteiger partial charge in [-0.1, -0.05) is 6.07 Å². The standard InChI is InChI=1S/C13H14N4O3S/c1-8-7-21-11(16-8)6-15-13(18)9-4-3-5-10(14-2)12(9)17(19)20/h3-5,7,14H,6H2,1-2H3,(H,15,18). The molecule has 2 rings (SSSR count). The predicted molar refractivity (Wildman–Crippen MR) is 80.7 cm³/mol. The molecule has 1 aromatic heterocycles. The number of amides is 1. The Hall–Kier alpha value is -2.48. The monoisotopic (exact) mass is 306 g/mol. The first-order valence-electron chi connectivity index (χ1n) is 6.17. The summed E-state index contributed by atoms with van der Waals surface area (Å²) >= 11 is 1.43. The number of nitro groups is 1. The number of aromatic nitrogens is 1. The number of nitro benzene ring substituents is 1. The van der Waals surface area contributed by atoms with Crippen molar-refractivity contribution in [1.29, 1.82) is 0 Å². The van der Waals surface area contributed by atoms with E-state index in [-0.39, 0.29) is 17.8 Å². The van der Waals surface area contributed by atoms with Gasteiger partial charge in [-0.05, 0) is 19.1 Å². The molecular weight excluding hydrogens is 292 g/mol. The lowest BCUT2D eigenvalue weighted by atomic mass is 10.1. The largest absolute Gasteiger partial charge is 0.383 e. The van der Waals surface area contributed by atoms with Crippen LogP contribution in [0, 0.1) is 17.0 Å². The molecule has 2 aromatic rings. The minimum atomic E-state index is -0.561. The summed E-state index contributed by atoms with van der Waals surface area (Å²) in [7, 11) is 1.57. The maximum atomic E-state index is 12.2. The van der Waals surface area contributed by atoms with Gasteiger partial charge in [0, 0.05) is 18.1 Å². The number of aryl methyl sites for hydroxylation is 1. The van der Waals surface area contributed by atoms with Gasteiger partial charge in [-0.3, -0.25) is 14.9 Å². The molecule has 1 heterocycles. The normalized spacial score (nSPS) is 10.2. The summed E-state index contributed by atoms with van der Waals surface area (Å²) in [5.74, 6) is -0.494. The van der Waals surface area contributed by atoms with Crippen molar-refractivity contribution in [2.45, 2.75) is 13.5 Å². The fourth-order valence-electron chi connectivity index (χ4n) is 1.86. The SMILES string of the molecule is CNc1cccc(C(=O)NCc2nc(C)cs2)c1[N+](=O)[O-]. The summed E-state index contributed by atoms with van der Waals surface area (Å²) < 4.78 is 0. The highest BCUT2D eigenvalue weighted by Gasteiger charge is 2.23. The average molecular weight is 306 g/mol. The summed E-state index contributed by atoms with van der Waals surface area (Å²) in [5.41, 5.74) is 0.984. The summed E-state index contributed by atoms with van der Waals surface area (Å²) in [6.45, 7) is 2.11. The lowest BCUT2D eigenvalue weighted by Crippen LogP contribution is -2.24. The predicted octanol–water partition coefficient (Wildman–Crippen LogP) is 2.33. The van der Waals surface area contributed by atoms with Gasteiger partial charge in [-0.2, -0.15) is 0 Å². The third-order valence-corrected chi connectivity index (χ3v) is 3.77. The summed E-state index contributed by atoms with van der Waals surface area (Å²) in [4.78, 5) is 27.0. The highest BCUT2D eigenvalue weighted by molar-refractivity contribution is 7.09. The first kappa shape index (κ1) is 14.9. The Morgan fingerprint density at radius 1 is 1.48 bits per heavy atom. The molecule has 1 aromatic carbocycles. The van der Waals surface area contributed by atoms with Crippen molar-refractivity contribution in [2.24, 2.45) is 0 Å². The minimum absolute atomic E-state index is 0.0279. The second-order valence-corrected chi connectivity index (χ2v) is 5.22. The van der Waals surface area contributed by atoms with Crippen molar-refractivity contribution in [3.8, 4) is 0 Å². The van der Waals surface area contributed by atoms with Crippen LogP contribution >= 0.6 is 11.3 Å². The molecule has 0 atom stereocenters. The van der Waals surface area contributed by atoms with Crippen LogP contribution in [0.2, 0.25) is 0 Å². The first-order valence-corrected chi connectivity index (χ1v) is 7.05. The van der Waals surface area contributed by atoms with Crippen LogP contribution < -0.4 is 10.6 Å². The van der Waals surface area contributed by atoms with Gasteiger partial charge in [0.15, 0.2) is 0 Å². The van der Waals surface area contributed by atoms with Crippen molar-refractivity contribution in [3.63, 3.8) is 0 Å². The van der Waals surface area contributed by atoms with E-state index in [1.807, 2.05) is 12.3 Å². The smallest absolute Gasteiger partial charge is 0.305 e. The molecule has 0 bridgehead atoms. The molecule has 2 N–H and O–H groups in total. The molecule has 0 unspecified atom stereocenters. The van der Waals surface area contributed by atoms with Crippen molar-refractivity contribution in [2.75, 3.05) is 12.4 Å². The zero-order chi connectivity index (χ0) is 15.4. The van der Waals surface area contributed by atoms with Crippen LogP contribution in [-0.4, -0.2) is 22.9 Å². The van der Waals surface area contributed by atoms with Crippen molar-refractivity contribution >= 4 is 28.6 Å². The van der Waals surface area contributed by atoms with E-state index in [4.69, 9.17) is 0 Å². The van der Waals surface area contributed by atoms with Crippen LogP contribution in [0.15, 0.2) is 23.6 Å². The molecule has 0 fully saturated rings. The maximum absolute atomic E-state index is 12.2. The van der Waals surface area contributed by atoms with Crippen molar-refractivity contribution < 1.29 is 9.72 Å². The molecule has 0 spiro atoms. The Kier molecular flexibility index (Phi) is 4.49. The third-order valence-electron chi connectivity index (χ3n) is 2.80. The Bertz CT molecular complexity index is 684. The summed E-state index contributed by atoms with van der Waals surface area (Å²) in [6, 6.07) is 4.59. The number of carbonyl (C=O) groups is 1. The number of nitrogens with one attached hydrogen (secondary N) is 2. The highest BCUT2D eigenvalue weighted by Crippen LogP contribution is 2.28. The van der Waals surface area contributed by atoms with E-state index in [0.29, 0.717) is 5.69 Å². The maximum Gasteiger partial charge on any atom is 0.305 e. The fraction of sp³-hybridized carbons (Fsp3) is 0.231. The van der Waals surface area contributed by atoms with Crippen molar-refractivity contribution in [3.05, 3.63) is 50.0 Å². The number of rotatable bonds is 5. The van der Waals surface area contributed by atoms with Gasteiger partial charge in [-0.15, -0.1) is 11.3 Å². The number of carbonyl (C=O) groups excluding carboxylic acids is 1. The molecular formula is C13H14N4O3S. The van der Waals surface area contributed by atoms with Gasteiger partial charge >= 0.3 is 5.69 Å². The molecule has 1 amide bonds. The Morgan fingerprint density at radius 2 is 2.24 bits per heavy atom. The topological polar surface area (TPSA) is 97.2 Å². The number of benzene rings is 1. The second-order valence-electron chi connectivity index (χ2n) is 4.27. The van der Waals surface area contributed by atoms with Gasteiger partial charge in [-0.25, -0.2) is 4.98 Å². The number of para-hydroxylation sites is 1. The fourth-order valence-corrected chi connectivity index (χ4v) is 2.57. The third kappa shape index (κ3) is 3.34. The molecule has 0 saturated heterocycles. The number of hydrogen-bond acceptors (Lipinski definition) is 6. The van der Waals surface area contributed by atoms with Gasteiger partial charge in [0.1, 0.15) is 16.3 Å². The van der Waals surface area contributed by atoms with E-state index in [1.54, 1.807) is 19.2 Å². The number of thiazole rings is 1. The molecule has 21 heavy (non-hydrogen) atoms. The minimum Gasteiger partial charge on any atom is -0.383 e. The van der Waals surface area contributed by atoms with Crippen molar-refractivity contribution in [1.82, 2.24) is 10.3 Å². The molecule has 7 nitrogen and oxygen atoms in total. The van der Waals surface area contributed by atoms with Gasteiger partial charge in [0.2, 0.25) is 0 Å². The van der Waals surface area contributed by atoms with Gasteiger partial charge in [0.25, 0.3) is 5.91 Å². The van der Waals surface area contributed by atoms with Gasteiger partial charge in [0.05, 0.1) is 11.5 Å². The Balaban J connectivity index is 2.20. The molecule has 0 radical (unpaired) electrons. The molecule has 0 saturated carbocycles. The molecule has 0 aliphatic heterocycles. The van der Waals surface area contributed by atoms with Crippen LogP contribution in [0.25, 0.3) is 0 Å². The summed E-state index contributed by atoms with van der Waals surface area (Å²) in [6.07, 6.45) is 0. The van der Waals surface area contributed by atoms with E-state index in [9.17, 15) is 14.9 Å². The molecule has 0 aliphatic rings. The molecule has 110 valence electrons. The van der Waals surface area contributed by atoms with E-state index < -0.39 is 10.8 Å². The zero-order valence-electron chi connectivity index (χ0n) is 11.5. The highest BCUT2D eigenvalue weighted by atomic mass is 32.1. The lowest BCUT2D eigenvalue weighted by molar-refractivity contribution is -0.384. The molecule has 0 aliphatic carbocycles. The molecule has 8 heteroatoms. The van der Waals surface area contributed by atoms with Crippen LogP contribution in [0.3, 0.4) is 0 Å². The quantitative estimate of drug-likeness (QED) is 0.652. The van der Waals surface area contributed by atoms with Crippen LogP contribution in [0.5, 0.6) is 0 Å². The Morgan fingerprint density at radius 3 is 2.81 bits per heavy atom. The lowest BCUT2D eigenvalue weighted by Gasteiger charge is -2.07. The summed E-state index contributed by atoms with van der Waals surface area (Å²) in [5, 5.41) is 19.2. The van der Waals surface area contributed by atoms with E-state index in [1.165, 1.54) is 17.4 Å². The zero-order valence-corrected chi connectivity index (χ0v) is 12.4. The van der Waals surface area contributed by atoms with Crippen LogP contribution in [0.4, 0.5) is 11.4 Å². The number of nitrogens with zero attached hydrogens (tertiary/aromatic N) is 2. The van der Waals surface area contributed by atoms with E-state index >= 15 is 0 Å². The first-order chi connectivity index (χ1) is 10.0. The number of anilines is 1. The Labute approximate surface area is 125 Å². The van der Waals surface area contributed by atoms with E-state index in [0.717, 1.165) is 10.7 Å². The average Bonchev–Trinajstić information content (AvgIpc) is 2.89.